The van der Waals surface area contributed by atoms with Crippen LogP contribution >= 0.6 is 18.8 Å². The molecule has 2 amide bonds. The first-order valence-electron chi connectivity index (χ1n) is 8.91. The molecular formula is C16H35N5O4P2. The standard InChI is InChI=1S/C16H35N5O4P2/c1-9(22)12(21-14(24)10(17)5-7-18-26)15(25)20-11(6-8-19-27)13(23)16(2,3)4/h9-12,18-19,22H,5-8,17,26-27H2,1-4H3,(H,20,25)(H,21,24). The zero-order valence-corrected chi connectivity index (χ0v) is 18.9. The zero-order chi connectivity index (χ0) is 21.2. The van der Waals surface area contributed by atoms with Gasteiger partial charge in [-0.1, -0.05) is 39.6 Å². The molecular weight excluding hydrogens is 388 g/mol. The fourth-order valence-corrected chi connectivity index (χ4v) is 2.65. The molecule has 0 aliphatic heterocycles. The molecule has 0 aliphatic rings. The number of aliphatic hydroxyl groups is 1. The summed E-state index contributed by atoms with van der Waals surface area (Å²) in [6.45, 7) is 7.72. The number of amides is 2. The van der Waals surface area contributed by atoms with Crippen molar-refractivity contribution in [2.75, 3.05) is 13.1 Å². The molecule has 0 rings (SSSR count). The first kappa shape index (κ1) is 26.3. The lowest BCUT2D eigenvalue weighted by molar-refractivity contribution is -0.136. The molecule has 6 atom stereocenters. The highest BCUT2D eigenvalue weighted by atomic mass is 31.0. The second kappa shape index (κ2) is 12.7. The number of nitrogens with two attached hydrogens (primary N) is 1. The Balaban J connectivity index is 5.15. The number of carbonyl (C=O) groups excluding carboxylic acids is 3. The molecule has 0 heterocycles. The lowest BCUT2D eigenvalue weighted by Crippen LogP contribution is -2.59. The third-order valence-corrected chi connectivity index (χ3v) is 4.53. The van der Waals surface area contributed by atoms with Crippen molar-refractivity contribution in [3.05, 3.63) is 0 Å². The van der Waals surface area contributed by atoms with E-state index in [4.69, 9.17) is 5.73 Å². The van der Waals surface area contributed by atoms with Gasteiger partial charge in [-0.2, -0.15) is 0 Å². The molecule has 0 aliphatic carbocycles. The smallest absolute Gasteiger partial charge is 0.245 e. The molecule has 0 aromatic carbocycles. The van der Waals surface area contributed by atoms with Crippen LogP contribution in [-0.4, -0.2) is 60.0 Å². The Kier molecular flexibility index (Phi) is 12.4. The van der Waals surface area contributed by atoms with E-state index < -0.39 is 41.5 Å². The van der Waals surface area contributed by atoms with Crippen molar-refractivity contribution in [3.63, 3.8) is 0 Å². The minimum Gasteiger partial charge on any atom is -0.391 e. The van der Waals surface area contributed by atoms with Crippen LogP contribution in [0.4, 0.5) is 0 Å². The van der Waals surface area contributed by atoms with Gasteiger partial charge in [0.25, 0.3) is 0 Å². The van der Waals surface area contributed by atoms with Crippen molar-refractivity contribution in [1.82, 2.24) is 20.8 Å². The van der Waals surface area contributed by atoms with Gasteiger partial charge in [-0.15, -0.1) is 0 Å². The molecule has 0 saturated carbocycles. The number of rotatable bonds is 12. The van der Waals surface area contributed by atoms with Crippen LogP contribution in [0.2, 0.25) is 0 Å². The van der Waals surface area contributed by atoms with Gasteiger partial charge in [0.15, 0.2) is 5.78 Å². The summed E-state index contributed by atoms with van der Waals surface area (Å²) in [6.07, 6.45) is -0.397. The Hall–Kier alpha value is -0.690. The lowest BCUT2D eigenvalue weighted by atomic mass is 9.85. The third kappa shape index (κ3) is 9.88. The Bertz CT molecular complexity index is 500. The minimum absolute atomic E-state index is 0.130. The van der Waals surface area contributed by atoms with E-state index in [1.165, 1.54) is 6.92 Å². The van der Waals surface area contributed by atoms with Gasteiger partial charge in [0, 0.05) is 18.5 Å². The lowest BCUT2D eigenvalue weighted by Gasteiger charge is -2.28. The average Bonchev–Trinajstić information content (AvgIpc) is 2.58. The predicted octanol–water partition coefficient (Wildman–Crippen LogP) is -1.18. The quantitative estimate of drug-likeness (QED) is 0.217. The molecule has 0 spiro atoms. The number of ketones is 1. The summed E-state index contributed by atoms with van der Waals surface area (Å²) in [5.74, 6) is -1.29. The zero-order valence-electron chi connectivity index (χ0n) is 16.5. The van der Waals surface area contributed by atoms with E-state index in [0.717, 1.165) is 0 Å². The normalized spacial score (nSPS) is 16.1. The second-order valence-electron chi connectivity index (χ2n) is 7.49. The van der Waals surface area contributed by atoms with Crippen molar-refractivity contribution < 1.29 is 19.5 Å². The van der Waals surface area contributed by atoms with Gasteiger partial charge >= 0.3 is 0 Å². The number of nitrogens with one attached hydrogen (secondary N) is 4. The van der Waals surface area contributed by atoms with Gasteiger partial charge in [0.05, 0.1) is 18.2 Å². The van der Waals surface area contributed by atoms with Gasteiger partial charge in [0.1, 0.15) is 6.04 Å². The Morgan fingerprint density at radius 2 is 1.52 bits per heavy atom. The molecule has 0 fully saturated rings. The summed E-state index contributed by atoms with van der Waals surface area (Å²) in [5.41, 5.74) is 5.14. The molecule has 7 N–H and O–H groups in total. The maximum Gasteiger partial charge on any atom is 0.245 e. The third-order valence-electron chi connectivity index (χ3n) is 3.95. The van der Waals surface area contributed by atoms with Crippen LogP contribution in [0, 0.1) is 5.41 Å². The summed E-state index contributed by atoms with van der Waals surface area (Å²) < 4.78 is 0. The molecule has 9 nitrogen and oxygen atoms in total. The Morgan fingerprint density at radius 3 is 1.96 bits per heavy atom. The van der Waals surface area contributed by atoms with Crippen LogP contribution in [0.5, 0.6) is 0 Å². The maximum atomic E-state index is 12.6. The molecule has 0 saturated heterocycles. The summed E-state index contributed by atoms with van der Waals surface area (Å²) in [6, 6.07) is -2.76. The van der Waals surface area contributed by atoms with Gasteiger partial charge in [-0.3, -0.25) is 14.4 Å². The molecule has 0 bridgehead atoms. The van der Waals surface area contributed by atoms with Gasteiger partial charge in [-0.05, 0) is 19.8 Å². The van der Waals surface area contributed by atoms with E-state index in [1.807, 2.05) is 0 Å². The monoisotopic (exact) mass is 423 g/mol. The van der Waals surface area contributed by atoms with E-state index in [9.17, 15) is 19.5 Å². The number of aliphatic hydroxyl groups excluding tert-OH is 1. The van der Waals surface area contributed by atoms with E-state index in [-0.39, 0.29) is 5.78 Å². The van der Waals surface area contributed by atoms with Crippen LogP contribution in [0.1, 0.15) is 40.5 Å². The highest BCUT2D eigenvalue weighted by Crippen LogP contribution is 2.18. The highest BCUT2D eigenvalue weighted by molar-refractivity contribution is 7.13. The predicted molar refractivity (Wildman–Crippen MR) is 113 cm³/mol. The molecule has 6 unspecified atom stereocenters. The second-order valence-corrected chi connectivity index (χ2v) is 8.31. The number of carbonyl (C=O) groups is 3. The molecule has 0 aromatic heterocycles. The molecule has 11 heteroatoms. The van der Waals surface area contributed by atoms with Crippen molar-refractivity contribution in [2.24, 2.45) is 11.1 Å². The summed E-state index contributed by atoms with van der Waals surface area (Å²) in [7, 11) is 4.65. The molecule has 158 valence electrons. The van der Waals surface area contributed by atoms with Gasteiger partial charge < -0.3 is 31.6 Å². The topological polar surface area (TPSA) is 146 Å². The minimum atomic E-state index is -1.20. The van der Waals surface area contributed by atoms with Crippen LogP contribution in [0.3, 0.4) is 0 Å². The van der Waals surface area contributed by atoms with Crippen molar-refractivity contribution in [2.45, 2.75) is 64.8 Å². The molecule has 0 radical (unpaired) electrons. The number of Topliss-reactive ketones (excluding diaryl/α,β-unsaturated/α-hetero) is 1. The van der Waals surface area contributed by atoms with E-state index in [0.29, 0.717) is 25.9 Å². The van der Waals surface area contributed by atoms with Gasteiger partial charge in [0.2, 0.25) is 11.8 Å². The Morgan fingerprint density at radius 1 is 1.00 bits per heavy atom. The number of hydrogen-bond donors (Lipinski definition) is 6. The summed E-state index contributed by atoms with van der Waals surface area (Å²) in [5, 5.41) is 20.7. The van der Waals surface area contributed by atoms with Crippen molar-refractivity contribution in [1.29, 1.82) is 0 Å². The highest BCUT2D eigenvalue weighted by Gasteiger charge is 2.34. The van der Waals surface area contributed by atoms with Crippen LogP contribution in [0.15, 0.2) is 0 Å². The maximum absolute atomic E-state index is 12.6. The van der Waals surface area contributed by atoms with Crippen LogP contribution in [0.25, 0.3) is 0 Å². The van der Waals surface area contributed by atoms with E-state index >= 15 is 0 Å². The fourth-order valence-electron chi connectivity index (χ4n) is 2.32. The molecule has 27 heavy (non-hydrogen) atoms. The van der Waals surface area contributed by atoms with Gasteiger partial charge in [-0.25, -0.2) is 0 Å². The largest absolute Gasteiger partial charge is 0.391 e. The van der Waals surface area contributed by atoms with E-state index in [1.54, 1.807) is 20.8 Å². The summed E-state index contributed by atoms with van der Waals surface area (Å²) >= 11 is 0. The van der Waals surface area contributed by atoms with Crippen molar-refractivity contribution in [3.8, 4) is 0 Å². The fraction of sp³-hybridized carbons (Fsp3) is 0.812. The first-order valence-corrected chi connectivity index (χ1v) is 10.1. The molecule has 0 aromatic rings. The van der Waals surface area contributed by atoms with Crippen LogP contribution < -0.4 is 26.5 Å². The van der Waals surface area contributed by atoms with Crippen molar-refractivity contribution >= 4 is 36.4 Å². The Labute approximate surface area is 166 Å². The summed E-state index contributed by atoms with van der Waals surface area (Å²) in [4.78, 5) is 37.4. The first-order chi connectivity index (χ1) is 12.4. The van der Waals surface area contributed by atoms with Crippen LogP contribution in [-0.2, 0) is 14.4 Å². The SMILES string of the molecule is CC(O)C(NC(=O)C(N)CCNP)C(=O)NC(CCNP)C(=O)C(C)(C)C. The number of hydrogen-bond acceptors (Lipinski definition) is 7. The van der Waals surface area contributed by atoms with E-state index in [2.05, 4.69) is 39.6 Å². The average molecular weight is 423 g/mol.